The molecule has 102 valence electrons. The van der Waals surface area contributed by atoms with Crippen molar-refractivity contribution in [2.75, 3.05) is 11.5 Å². The zero-order valence-corrected chi connectivity index (χ0v) is 11.8. The van der Waals surface area contributed by atoms with Gasteiger partial charge in [-0.25, -0.2) is 9.37 Å². The molecular formula is C14H18FN3S. The van der Waals surface area contributed by atoms with Gasteiger partial charge in [0, 0.05) is 17.4 Å². The molecule has 2 aromatic rings. The minimum atomic E-state index is -0.261. The lowest BCUT2D eigenvalue weighted by molar-refractivity contribution is 0.549. The van der Waals surface area contributed by atoms with Gasteiger partial charge in [-0.15, -0.1) is 0 Å². The first-order valence-electron chi connectivity index (χ1n) is 6.75. The van der Waals surface area contributed by atoms with Crippen LogP contribution in [0.25, 0.3) is 11.0 Å². The molecule has 1 aliphatic carbocycles. The third kappa shape index (κ3) is 2.20. The standard InChI is InChI=1S/C14H18FN3S/c1-2-19-13-5-3-4-12(13)18-11-7-6-9(15)8-10(11)17-14(18)16/h6-8,12-13H,2-5H2,1H3,(H2,16,17). The number of halogens is 1. The second kappa shape index (κ2) is 5.04. The molecule has 2 unspecified atom stereocenters. The van der Waals surface area contributed by atoms with E-state index in [0.717, 1.165) is 17.7 Å². The van der Waals surface area contributed by atoms with Crippen LogP contribution in [-0.4, -0.2) is 20.6 Å². The average molecular weight is 279 g/mol. The third-order valence-electron chi connectivity index (χ3n) is 3.81. The Hall–Kier alpha value is -1.23. The fourth-order valence-corrected chi connectivity index (χ4v) is 4.29. The maximum Gasteiger partial charge on any atom is 0.201 e. The molecule has 0 amide bonds. The summed E-state index contributed by atoms with van der Waals surface area (Å²) in [4.78, 5) is 4.30. The van der Waals surface area contributed by atoms with E-state index in [4.69, 9.17) is 5.73 Å². The molecule has 2 atom stereocenters. The van der Waals surface area contributed by atoms with Crippen molar-refractivity contribution in [1.29, 1.82) is 0 Å². The number of anilines is 1. The highest BCUT2D eigenvalue weighted by atomic mass is 32.2. The fourth-order valence-electron chi connectivity index (χ4n) is 3.05. The highest BCUT2D eigenvalue weighted by Gasteiger charge is 2.31. The molecular weight excluding hydrogens is 261 g/mol. The molecule has 1 fully saturated rings. The van der Waals surface area contributed by atoms with Gasteiger partial charge in [0.05, 0.1) is 11.0 Å². The molecule has 0 saturated heterocycles. The summed E-state index contributed by atoms with van der Waals surface area (Å²) >= 11 is 1.99. The Morgan fingerprint density at radius 2 is 2.32 bits per heavy atom. The first-order chi connectivity index (χ1) is 9.20. The van der Waals surface area contributed by atoms with Gasteiger partial charge < -0.3 is 10.3 Å². The van der Waals surface area contributed by atoms with Crippen molar-refractivity contribution in [1.82, 2.24) is 9.55 Å². The molecule has 0 aliphatic heterocycles. The van der Waals surface area contributed by atoms with Gasteiger partial charge in [-0.05, 0) is 30.7 Å². The molecule has 5 heteroatoms. The number of nitrogens with zero attached hydrogens (tertiary/aromatic N) is 2. The van der Waals surface area contributed by atoms with Crippen LogP contribution in [0.4, 0.5) is 10.3 Å². The summed E-state index contributed by atoms with van der Waals surface area (Å²) in [5.41, 5.74) is 7.67. The monoisotopic (exact) mass is 279 g/mol. The number of imidazole rings is 1. The zero-order valence-electron chi connectivity index (χ0n) is 11.0. The van der Waals surface area contributed by atoms with Crippen molar-refractivity contribution in [2.24, 2.45) is 0 Å². The van der Waals surface area contributed by atoms with Crippen LogP contribution in [0.1, 0.15) is 32.2 Å². The van der Waals surface area contributed by atoms with Crippen molar-refractivity contribution in [3.05, 3.63) is 24.0 Å². The van der Waals surface area contributed by atoms with E-state index in [9.17, 15) is 4.39 Å². The van der Waals surface area contributed by atoms with Gasteiger partial charge in [-0.2, -0.15) is 11.8 Å². The van der Waals surface area contributed by atoms with Gasteiger partial charge in [-0.1, -0.05) is 13.3 Å². The summed E-state index contributed by atoms with van der Waals surface area (Å²) in [5, 5.41) is 0.592. The molecule has 0 spiro atoms. The Balaban J connectivity index is 2.06. The van der Waals surface area contributed by atoms with Crippen LogP contribution < -0.4 is 5.73 Å². The number of rotatable bonds is 3. The average Bonchev–Trinajstić information content (AvgIpc) is 2.92. The largest absolute Gasteiger partial charge is 0.369 e. The first-order valence-corrected chi connectivity index (χ1v) is 7.80. The van der Waals surface area contributed by atoms with E-state index in [2.05, 4.69) is 16.5 Å². The minimum absolute atomic E-state index is 0.261. The SMILES string of the molecule is CCSC1CCCC1n1c(N)nc2cc(F)ccc21. The Labute approximate surface area is 116 Å². The third-order valence-corrected chi connectivity index (χ3v) is 5.12. The summed E-state index contributed by atoms with van der Waals surface area (Å²) in [5.74, 6) is 1.36. The van der Waals surface area contributed by atoms with E-state index in [-0.39, 0.29) is 5.82 Å². The van der Waals surface area contributed by atoms with E-state index in [0.29, 0.717) is 22.8 Å². The second-order valence-corrected chi connectivity index (χ2v) is 6.48. The van der Waals surface area contributed by atoms with E-state index >= 15 is 0 Å². The number of hydrogen-bond donors (Lipinski definition) is 1. The first kappa shape index (κ1) is 12.8. The molecule has 3 rings (SSSR count). The fraction of sp³-hybridized carbons (Fsp3) is 0.500. The maximum atomic E-state index is 13.3. The highest BCUT2D eigenvalue weighted by molar-refractivity contribution is 7.99. The minimum Gasteiger partial charge on any atom is -0.369 e. The molecule has 3 nitrogen and oxygen atoms in total. The second-order valence-electron chi connectivity index (χ2n) is 4.97. The lowest BCUT2D eigenvalue weighted by Crippen LogP contribution is -2.18. The summed E-state index contributed by atoms with van der Waals surface area (Å²) in [6, 6.07) is 5.12. The van der Waals surface area contributed by atoms with Crippen molar-refractivity contribution in [2.45, 2.75) is 37.5 Å². The van der Waals surface area contributed by atoms with Gasteiger partial charge in [0.25, 0.3) is 0 Å². The molecule has 1 heterocycles. The topological polar surface area (TPSA) is 43.8 Å². The van der Waals surface area contributed by atoms with Crippen molar-refractivity contribution in [3.63, 3.8) is 0 Å². The van der Waals surface area contributed by atoms with Gasteiger partial charge >= 0.3 is 0 Å². The molecule has 1 aromatic carbocycles. The quantitative estimate of drug-likeness (QED) is 0.933. The van der Waals surface area contributed by atoms with Crippen LogP contribution in [0.3, 0.4) is 0 Å². The number of hydrogen-bond acceptors (Lipinski definition) is 3. The van der Waals surface area contributed by atoms with Crippen molar-refractivity contribution in [3.8, 4) is 0 Å². The molecule has 0 bridgehead atoms. The van der Waals surface area contributed by atoms with Crippen molar-refractivity contribution >= 4 is 28.7 Å². The van der Waals surface area contributed by atoms with Crippen LogP contribution >= 0.6 is 11.8 Å². The predicted molar refractivity (Wildman–Crippen MR) is 78.9 cm³/mol. The summed E-state index contributed by atoms with van der Waals surface area (Å²) in [6.07, 6.45) is 3.58. The molecule has 1 aliphatic rings. The van der Waals surface area contributed by atoms with Gasteiger partial charge in [0.2, 0.25) is 5.95 Å². The van der Waals surface area contributed by atoms with E-state index in [1.165, 1.54) is 25.0 Å². The van der Waals surface area contributed by atoms with E-state index < -0.39 is 0 Å². The summed E-state index contributed by atoms with van der Waals surface area (Å²) < 4.78 is 15.4. The lowest BCUT2D eigenvalue weighted by atomic mass is 10.2. The number of benzene rings is 1. The van der Waals surface area contributed by atoms with Crippen LogP contribution in [-0.2, 0) is 0 Å². The van der Waals surface area contributed by atoms with Gasteiger partial charge in [0.15, 0.2) is 0 Å². The van der Waals surface area contributed by atoms with Crippen LogP contribution in [0.2, 0.25) is 0 Å². The lowest BCUT2D eigenvalue weighted by Gasteiger charge is -2.22. The smallest absolute Gasteiger partial charge is 0.201 e. The highest BCUT2D eigenvalue weighted by Crippen LogP contribution is 2.41. The molecule has 1 saturated carbocycles. The number of fused-ring (bicyclic) bond motifs is 1. The van der Waals surface area contributed by atoms with Crippen molar-refractivity contribution < 1.29 is 4.39 Å². The summed E-state index contributed by atoms with van der Waals surface area (Å²) in [6.45, 7) is 2.19. The number of aromatic nitrogens is 2. The Morgan fingerprint density at radius 1 is 1.47 bits per heavy atom. The molecule has 2 N–H and O–H groups in total. The van der Waals surface area contributed by atoms with Gasteiger partial charge in [0.1, 0.15) is 5.82 Å². The number of thioether (sulfide) groups is 1. The predicted octanol–water partition coefficient (Wildman–Crippen LogP) is 3.60. The summed E-state index contributed by atoms with van der Waals surface area (Å²) in [7, 11) is 0. The Kier molecular flexibility index (Phi) is 3.39. The molecule has 19 heavy (non-hydrogen) atoms. The Bertz CT molecular complexity index is 596. The van der Waals surface area contributed by atoms with Crippen LogP contribution in [0, 0.1) is 5.82 Å². The normalized spacial score (nSPS) is 23.3. The van der Waals surface area contributed by atoms with E-state index in [1.54, 1.807) is 6.07 Å². The Morgan fingerprint density at radius 3 is 3.11 bits per heavy atom. The molecule has 1 aromatic heterocycles. The van der Waals surface area contributed by atoms with Crippen LogP contribution in [0.5, 0.6) is 0 Å². The van der Waals surface area contributed by atoms with Crippen LogP contribution in [0.15, 0.2) is 18.2 Å². The van der Waals surface area contributed by atoms with Gasteiger partial charge in [-0.3, -0.25) is 0 Å². The van der Waals surface area contributed by atoms with E-state index in [1.807, 2.05) is 11.8 Å². The maximum absolute atomic E-state index is 13.3. The number of nitrogen functional groups attached to an aromatic ring is 1. The number of nitrogens with two attached hydrogens (primary N) is 1. The zero-order chi connectivity index (χ0) is 13.4. The molecule has 0 radical (unpaired) electrons.